The van der Waals surface area contributed by atoms with Crippen LogP contribution in [-0.4, -0.2) is 48.8 Å². The van der Waals surface area contributed by atoms with E-state index in [-0.39, 0.29) is 12.1 Å². The molecule has 1 rings (SSSR count). The molecule has 1 aliphatic heterocycles. The SMILES string of the molecule is CNC(C)(CO)CN1CCCC(C(C)(C)C)CC1. The lowest BCUT2D eigenvalue weighted by Gasteiger charge is -2.34. The molecule has 0 amide bonds. The van der Waals surface area contributed by atoms with Gasteiger partial charge in [-0.15, -0.1) is 0 Å². The average Bonchev–Trinajstić information content (AvgIpc) is 2.54. The molecule has 2 atom stereocenters. The Kier molecular flexibility index (Phi) is 5.63. The van der Waals surface area contributed by atoms with Crippen LogP contribution in [0, 0.1) is 11.3 Å². The van der Waals surface area contributed by atoms with Crippen LogP contribution in [0.4, 0.5) is 0 Å². The number of aliphatic hydroxyl groups excluding tert-OH is 1. The van der Waals surface area contributed by atoms with Crippen molar-refractivity contribution in [2.75, 3.05) is 33.3 Å². The summed E-state index contributed by atoms with van der Waals surface area (Å²) < 4.78 is 0. The number of likely N-dealkylation sites (tertiary alicyclic amines) is 1. The predicted octanol–water partition coefficient (Wildman–Crippen LogP) is 2.10. The van der Waals surface area contributed by atoms with E-state index < -0.39 is 0 Å². The first-order chi connectivity index (χ1) is 8.30. The fourth-order valence-electron chi connectivity index (χ4n) is 2.88. The second-order valence-corrected chi connectivity index (χ2v) is 7.24. The van der Waals surface area contributed by atoms with E-state index in [2.05, 4.69) is 37.9 Å². The predicted molar refractivity (Wildman–Crippen MR) is 77.8 cm³/mol. The smallest absolute Gasteiger partial charge is 0.0623 e. The minimum atomic E-state index is -0.165. The summed E-state index contributed by atoms with van der Waals surface area (Å²) in [5.74, 6) is 0.831. The lowest BCUT2D eigenvalue weighted by molar-refractivity contribution is 0.125. The minimum Gasteiger partial charge on any atom is -0.394 e. The summed E-state index contributed by atoms with van der Waals surface area (Å²) in [6.45, 7) is 12.7. The Bertz CT molecular complexity index is 243. The number of rotatable bonds is 4. The van der Waals surface area contributed by atoms with E-state index in [1.165, 1.54) is 32.4 Å². The van der Waals surface area contributed by atoms with Gasteiger partial charge in [-0.1, -0.05) is 20.8 Å². The number of likely N-dealkylation sites (N-methyl/N-ethyl adjacent to an activating group) is 1. The highest BCUT2D eigenvalue weighted by Gasteiger charge is 2.30. The van der Waals surface area contributed by atoms with E-state index in [0.29, 0.717) is 5.41 Å². The molecule has 1 saturated heterocycles. The third-order valence-corrected chi connectivity index (χ3v) is 4.57. The summed E-state index contributed by atoms with van der Waals surface area (Å²) >= 11 is 0. The van der Waals surface area contributed by atoms with Gasteiger partial charge in [-0.3, -0.25) is 0 Å². The molecule has 3 nitrogen and oxygen atoms in total. The molecule has 0 spiro atoms. The number of nitrogens with one attached hydrogen (secondary N) is 1. The van der Waals surface area contributed by atoms with E-state index in [1.807, 2.05) is 7.05 Å². The van der Waals surface area contributed by atoms with E-state index >= 15 is 0 Å². The van der Waals surface area contributed by atoms with Crippen molar-refractivity contribution in [2.24, 2.45) is 11.3 Å². The van der Waals surface area contributed by atoms with Crippen molar-refractivity contribution in [1.29, 1.82) is 0 Å². The Morgan fingerprint density at radius 1 is 1.17 bits per heavy atom. The topological polar surface area (TPSA) is 35.5 Å². The highest BCUT2D eigenvalue weighted by Crippen LogP contribution is 2.34. The van der Waals surface area contributed by atoms with Crippen molar-refractivity contribution in [3.8, 4) is 0 Å². The molecule has 108 valence electrons. The number of nitrogens with zero attached hydrogens (tertiary/aromatic N) is 1. The van der Waals surface area contributed by atoms with Crippen LogP contribution in [0.25, 0.3) is 0 Å². The molecule has 0 bridgehead atoms. The van der Waals surface area contributed by atoms with Crippen LogP contribution >= 0.6 is 0 Å². The molecule has 2 unspecified atom stereocenters. The van der Waals surface area contributed by atoms with Gasteiger partial charge in [0.25, 0.3) is 0 Å². The molecule has 0 saturated carbocycles. The third kappa shape index (κ3) is 4.52. The first kappa shape index (κ1) is 15.9. The highest BCUT2D eigenvalue weighted by atomic mass is 16.3. The second-order valence-electron chi connectivity index (χ2n) is 7.24. The number of hydrogen-bond acceptors (Lipinski definition) is 3. The maximum absolute atomic E-state index is 9.48. The maximum atomic E-state index is 9.48. The van der Waals surface area contributed by atoms with Gasteiger partial charge in [0.05, 0.1) is 12.1 Å². The molecule has 1 aliphatic rings. The normalized spacial score (nSPS) is 26.7. The molecule has 1 fully saturated rings. The Morgan fingerprint density at radius 2 is 1.83 bits per heavy atom. The summed E-state index contributed by atoms with van der Waals surface area (Å²) in [5, 5.41) is 12.7. The van der Waals surface area contributed by atoms with Crippen molar-refractivity contribution >= 4 is 0 Å². The summed E-state index contributed by atoms with van der Waals surface area (Å²) in [6, 6.07) is 0. The number of aliphatic hydroxyl groups is 1. The second kappa shape index (κ2) is 6.36. The first-order valence-corrected chi connectivity index (χ1v) is 7.33. The Hall–Kier alpha value is -0.120. The van der Waals surface area contributed by atoms with Crippen LogP contribution < -0.4 is 5.32 Å². The minimum absolute atomic E-state index is 0.165. The molecule has 0 aromatic heterocycles. The molecule has 0 aliphatic carbocycles. The lowest BCUT2D eigenvalue weighted by atomic mass is 9.77. The molecule has 0 radical (unpaired) electrons. The Labute approximate surface area is 113 Å². The lowest BCUT2D eigenvalue weighted by Crippen LogP contribution is -2.52. The van der Waals surface area contributed by atoms with Gasteiger partial charge >= 0.3 is 0 Å². The van der Waals surface area contributed by atoms with E-state index in [9.17, 15) is 5.11 Å². The van der Waals surface area contributed by atoms with Gasteiger partial charge in [-0.05, 0) is 57.7 Å². The average molecular weight is 256 g/mol. The molecule has 0 aromatic rings. The van der Waals surface area contributed by atoms with E-state index in [4.69, 9.17) is 0 Å². The summed E-state index contributed by atoms with van der Waals surface area (Å²) in [5.41, 5.74) is 0.265. The van der Waals surface area contributed by atoms with Gasteiger partial charge in [0.15, 0.2) is 0 Å². The van der Waals surface area contributed by atoms with Gasteiger partial charge in [0, 0.05) is 6.54 Å². The van der Waals surface area contributed by atoms with Crippen molar-refractivity contribution in [3.63, 3.8) is 0 Å². The monoisotopic (exact) mass is 256 g/mol. The van der Waals surface area contributed by atoms with E-state index in [0.717, 1.165) is 12.5 Å². The molecular formula is C15H32N2O. The van der Waals surface area contributed by atoms with Crippen LogP contribution in [0.3, 0.4) is 0 Å². The summed E-state index contributed by atoms with van der Waals surface area (Å²) in [4.78, 5) is 2.51. The van der Waals surface area contributed by atoms with Gasteiger partial charge in [0.2, 0.25) is 0 Å². The highest BCUT2D eigenvalue weighted by molar-refractivity contribution is 4.87. The van der Waals surface area contributed by atoms with Gasteiger partial charge in [-0.25, -0.2) is 0 Å². The quantitative estimate of drug-likeness (QED) is 0.808. The van der Waals surface area contributed by atoms with Crippen LogP contribution in [0.15, 0.2) is 0 Å². The molecule has 0 aromatic carbocycles. The molecule has 18 heavy (non-hydrogen) atoms. The fraction of sp³-hybridized carbons (Fsp3) is 1.00. The molecule has 3 heteroatoms. The van der Waals surface area contributed by atoms with Crippen molar-refractivity contribution in [1.82, 2.24) is 10.2 Å². The summed E-state index contributed by atoms with van der Waals surface area (Å²) in [6.07, 6.45) is 3.91. The largest absolute Gasteiger partial charge is 0.394 e. The zero-order chi connectivity index (χ0) is 13.8. The van der Waals surface area contributed by atoms with Gasteiger partial charge in [0.1, 0.15) is 0 Å². The van der Waals surface area contributed by atoms with Crippen molar-refractivity contribution < 1.29 is 5.11 Å². The van der Waals surface area contributed by atoms with Crippen LogP contribution in [-0.2, 0) is 0 Å². The van der Waals surface area contributed by atoms with Gasteiger partial charge in [-0.2, -0.15) is 0 Å². The molecule has 2 N–H and O–H groups in total. The number of hydrogen-bond donors (Lipinski definition) is 2. The Balaban J connectivity index is 2.52. The Morgan fingerprint density at radius 3 is 2.33 bits per heavy atom. The van der Waals surface area contributed by atoms with Crippen LogP contribution in [0.1, 0.15) is 47.0 Å². The van der Waals surface area contributed by atoms with Crippen LogP contribution in [0.2, 0.25) is 0 Å². The third-order valence-electron chi connectivity index (χ3n) is 4.57. The van der Waals surface area contributed by atoms with Crippen LogP contribution in [0.5, 0.6) is 0 Å². The zero-order valence-corrected chi connectivity index (χ0v) is 12.9. The van der Waals surface area contributed by atoms with Crippen molar-refractivity contribution in [2.45, 2.75) is 52.5 Å². The fourth-order valence-corrected chi connectivity index (χ4v) is 2.88. The first-order valence-electron chi connectivity index (χ1n) is 7.33. The van der Waals surface area contributed by atoms with Gasteiger partial charge < -0.3 is 15.3 Å². The zero-order valence-electron chi connectivity index (χ0n) is 12.9. The molecular weight excluding hydrogens is 224 g/mol. The summed E-state index contributed by atoms with van der Waals surface area (Å²) in [7, 11) is 1.94. The maximum Gasteiger partial charge on any atom is 0.0623 e. The van der Waals surface area contributed by atoms with E-state index in [1.54, 1.807) is 0 Å². The van der Waals surface area contributed by atoms with Crippen molar-refractivity contribution in [3.05, 3.63) is 0 Å². The standard InChI is InChI=1S/C15H32N2O/c1-14(2,3)13-7-6-9-17(10-8-13)11-15(4,12-18)16-5/h13,16,18H,6-12H2,1-5H3. The molecule has 1 heterocycles.